The van der Waals surface area contributed by atoms with E-state index in [2.05, 4.69) is 21.9 Å². The van der Waals surface area contributed by atoms with Crippen LogP contribution in [0.5, 0.6) is 0 Å². The molecule has 1 aliphatic heterocycles. The third-order valence-electron chi connectivity index (χ3n) is 2.98. The molecule has 110 valence electrons. The number of fused-ring (bicyclic) bond motifs is 1. The second kappa shape index (κ2) is 7.23. The van der Waals surface area contributed by atoms with Crippen molar-refractivity contribution < 1.29 is 8.42 Å². The van der Waals surface area contributed by atoms with E-state index in [1.165, 1.54) is 6.20 Å². The Morgan fingerprint density at radius 3 is 2.89 bits per heavy atom. The number of nitrogens with zero attached hydrogens (tertiary/aromatic N) is 2. The number of sulfonamides is 1. The third kappa shape index (κ3) is 3.92. The van der Waals surface area contributed by atoms with Gasteiger partial charge in [-0.25, -0.2) is 18.1 Å². The zero-order valence-corrected chi connectivity index (χ0v) is 12.7. The zero-order valence-electron chi connectivity index (χ0n) is 11.1. The number of imidazole rings is 1. The molecule has 1 aromatic rings. The Labute approximate surface area is 120 Å². The molecule has 0 atom stereocenters. The van der Waals surface area contributed by atoms with E-state index in [1.54, 1.807) is 4.57 Å². The van der Waals surface area contributed by atoms with Gasteiger partial charge < -0.3 is 9.88 Å². The van der Waals surface area contributed by atoms with Gasteiger partial charge in [-0.15, -0.1) is 12.4 Å². The van der Waals surface area contributed by atoms with Crippen LogP contribution in [0.15, 0.2) is 11.2 Å². The van der Waals surface area contributed by atoms with Gasteiger partial charge in [-0.2, -0.15) is 0 Å². The Morgan fingerprint density at radius 1 is 1.37 bits per heavy atom. The van der Waals surface area contributed by atoms with E-state index in [1.807, 2.05) is 0 Å². The maximum absolute atomic E-state index is 12.1. The Hall–Kier alpha value is -0.630. The molecular weight excluding hydrogens is 288 g/mol. The van der Waals surface area contributed by atoms with Crippen LogP contribution >= 0.6 is 12.4 Å². The number of halogens is 1. The summed E-state index contributed by atoms with van der Waals surface area (Å²) in [6, 6.07) is 0. The molecule has 1 aromatic heterocycles. The van der Waals surface area contributed by atoms with E-state index in [4.69, 9.17) is 0 Å². The summed E-state index contributed by atoms with van der Waals surface area (Å²) in [5, 5.41) is 3.45. The molecule has 0 aliphatic carbocycles. The van der Waals surface area contributed by atoms with E-state index in [-0.39, 0.29) is 12.4 Å². The average molecular weight is 309 g/mol. The van der Waals surface area contributed by atoms with Crippen LogP contribution in [0.4, 0.5) is 0 Å². The first-order chi connectivity index (χ1) is 8.65. The number of aryl methyl sites for hydroxylation is 1. The molecule has 2 heterocycles. The van der Waals surface area contributed by atoms with Gasteiger partial charge in [0.2, 0.25) is 0 Å². The second-order valence-electron chi connectivity index (χ2n) is 4.42. The first kappa shape index (κ1) is 16.4. The van der Waals surface area contributed by atoms with E-state index in [0.29, 0.717) is 18.1 Å². The number of hydrogen-bond donors (Lipinski definition) is 2. The van der Waals surface area contributed by atoms with Crippen LogP contribution in [0, 0.1) is 0 Å². The molecule has 0 saturated heterocycles. The van der Waals surface area contributed by atoms with Gasteiger partial charge in [0.25, 0.3) is 10.0 Å². The van der Waals surface area contributed by atoms with E-state index in [0.717, 1.165) is 38.2 Å². The Morgan fingerprint density at radius 2 is 2.16 bits per heavy atom. The van der Waals surface area contributed by atoms with Crippen molar-refractivity contribution >= 4 is 22.4 Å². The molecule has 2 N–H and O–H groups in total. The van der Waals surface area contributed by atoms with Crippen molar-refractivity contribution in [3.63, 3.8) is 0 Å². The number of aromatic nitrogens is 2. The van der Waals surface area contributed by atoms with Crippen LogP contribution in [0.2, 0.25) is 0 Å². The summed E-state index contributed by atoms with van der Waals surface area (Å²) in [5.41, 5.74) is 0. The maximum atomic E-state index is 12.1. The molecule has 19 heavy (non-hydrogen) atoms. The average Bonchev–Trinajstić information content (AvgIpc) is 2.89. The van der Waals surface area contributed by atoms with Gasteiger partial charge in [0.15, 0.2) is 5.03 Å². The molecule has 0 saturated carbocycles. The normalized spacial score (nSPS) is 14.2. The quantitative estimate of drug-likeness (QED) is 0.721. The first-order valence-corrected chi connectivity index (χ1v) is 7.88. The van der Waals surface area contributed by atoms with Gasteiger partial charge in [0, 0.05) is 26.1 Å². The summed E-state index contributed by atoms with van der Waals surface area (Å²) in [6.45, 7) is 4.78. The van der Waals surface area contributed by atoms with Gasteiger partial charge >= 0.3 is 0 Å². The Bertz CT molecular complexity index is 501. The van der Waals surface area contributed by atoms with Crippen molar-refractivity contribution in [2.45, 2.75) is 37.8 Å². The lowest BCUT2D eigenvalue weighted by Gasteiger charge is -2.08. The second-order valence-corrected chi connectivity index (χ2v) is 6.13. The molecule has 0 spiro atoms. The lowest BCUT2D eigenvalue weighted by Crippen LogP contribution is -2.33. The fraction of sp³-hybridized carbons (Fsp3) is 0.727. The van der Waals surface area contributed by atoms with Crippen LogP contribution in [0.25, 0.3) is 0 Å². The predicted octanol–water partition coefficient (Wildman–Crippen LogP) is 0.529. The minimum atomic E-state index is -3.42. The third-order valence-corrected chi connectivity index (χ3v) is 4.44. The van der Waals surface area contributed by atoms with Gasteiger partial charge in [-0.05, 0) is 19.4 Å². The van der Waals surface area contributed by atoms with Crippen LogP contribution in [0.1, 0.15) is 25.6 Å². The van der Waals surface area contributed by atoms with E-state index >= 15 is 0 Å². The molecule has 0 aromatic carbocycles. The highest BCUT2D eigenvalue weighted by Crippen LogP contribution is 2.19. The highest BCUT2D eigenvalue weighted by atomic mass is 35.5. The molecule has 0 fully saturated rings. The SMILES string of the molecule is CCCNCCNS(=O)(=O)c1cnc2n1CCC2.Cl. The van der Waals surface area contributed by atoms with Crippen molar-refractivity contribution in [3.8, 4) is 0 Å². The van der Waals surface area contributed by atoms with Gasteiger partial charge in [-0.1, -0.05) is 6.92 Å². The fourth-order valence-electron chi connectivity index (χ4n) is 2.09. The lowest BCUT2D eigenvalue weighted by atomic mass is 10.4. The highest BCUT2D eigenvalue weighted by Gasteiger charge is 2.24. The minimum absolute atomic E-state index is 0. The van der Waals surface area contributed by atoms with E-state index < -0.39 is 10.0 Å². The molecule has 0 amide bonds. The smallest absolute Gasteiger partial charge is 0.257 e. The van der Waals surface area contributed by atoms with Crippen LogP contribution in [-0.4, -0.2) is 37.6 Å². The van der Waals surface area contributed by atoms with Crippen molar-refractivity contribution in [1.29, 1.82) is 0 Å². The number of rotatable bonds is 7. The summed E-state index contributed by atoms with van der Waals surface area (Å²) in [5.74, 6) is 0.875. The van der Waals surface area contributed by atoms with Gasteiger partial charge in [-0.3, -0.25) is 0 Å². The molecule has 0 unspecified atom stereocenters. The monoisotopic (exact) mass is 308 g/mol. The fourth-order valence-corrected chi connectivity index (χ4v) is 3.29. The highest BCUT2D eigenvalue weighted by molar-refractivity contribution is 7.89. The van der Waals surface area contributed by atoms with Crippen molar-refractivity contribution in [2.75, 3.05) is 19.6 Å². The Kier molecular flexibility index (Phi) is 6.25. The topological polar surface area (TPSA) is 76.0 Å². The molecule has 8 heteroatoms. The zero-order chi connectivity index (χ0) is 13.0. The van der Waals surface area contributed by atoms with Crippen LogP contribution in [0.3, 0.4) is 0 Å². The molecule has 0 radical (unpaired) electrons. The number of hydrogen-bond acceptors (Lipinski definition) is 4. The van der Waals surface area contributed by atoms with Gasteiger partial charge in [0.1, 0.15) is 5.82 Å². The summed E-state index contributed by atoms with van der Waals surface area (Å²) in [4.78, 5) is 4.15. The standard InChI is InChI=1S/C11H20N4O2S.ClH/c1-2-5-12-6-7-14-18(16,17)11-9-13-10-4-3-8-15(10)11;/h9,12,14H,2-8H2,1H3;1H. The number of nitrogens with one attached hydrogen (secondary N) is 2. The molecule has 1 aliphatic rings. The molecular formula is C11H21ClN4O2S. The van der Waals surface area contributed by atoms with Crippen molar-refractivity contribution in [2.24, 2.45) is 0 Å². The molecule has 2 rings (SSSR count). The summed E-state index contributed by atoms with van der Waals surface area (Å²) < 4.78 is 28.6. The minimum Gasteiger partial charge on any atom is -0.318 e. The predicted molar refractivity (Wildman–Crippen MR) is 76.1 cm³/mol. The van der Waals surface area contributed by atoms with Crippen LogP contribution < -0.4 is 10.0 Å². The first-order valence-electron chi connectivity index (χ1n) is 6.40. The molecule has 0 bridgehead atoms. The lowest BCUT2D eigenvalue weighted by molar-refractivity contribution is 0.560. The maximum Gasteiger partial charge on any atom is 0.257 e. The van der Waals surface area contributed by atoms with Gasteiger partial charge in [0.05, 0.1) is 6.20 Å². The summed E-state index contributed by atoms with van der Waals surface area (Å²) >= 11 is 0. The molecule has 6 nitrogen and oxygen atoms in total. The van der Waals surface area contributed by atoms with Crippen LogP contribution in [-0.2, 0) is 23.0 Å². The summed E-state index contributed by atoms with van der Waals surface area (Å²) in [6.07, 6.45) is 4.34. The van der Waals surface area contributed by atoms with Crippen molar-refractivity contribution in [3.05, 3.63) is 12.0 Å². The van der Waals surface area contributed by atoms with E-state index in [9.17, 15) is 8.42 Å². The Balaban J connectivity index is 0.00000180. The van der Waals surface area contributed by atoms with Crippen molar-refractivity contribution in [1.82, 2.24) is 19.6 Å². The summed E-state index contributed by atoms with van der Waals surface area (Å²) in [7, 11) is -3.42. The largest absolute Gasteiger partial charge is 0.318 e.